The largest absolute Gasteiger partial charge is 0.497 e. The Morgan fingerprint density at radius 2 is 2.44 bits per heavy atom. The number of fused-ring (bicyclic) bond motifs is 2. The Morgan fingerprint density at radius 3 is 3.12 bits per heavy atom. The van der Waals surface area contributed by atoms with Gasteiger partial charge in [0.2, 0.25) is 0 Å². The van der Waals surface area contributed by atoms with Gasteiger partial charge in [-0.25, -0.2) is 0 Å². The van der Waals surface area contributed by atoms with Crippen molar-refractivity contribution in [1.82, 2.24) is 0 Å². The molecule has 1 aromatic carbocycles. The van der Waals surface area contributed by atoms with Gasteiger partial charge in [0.15, 0.2) is 0 Å². The first-order chi connectivity index (χ1) is 7.80. The molecule has 1 saturated carbocycles. The van der Waals surface area contributed by atoms with Crippen LogP contribution >= 0.6 is 0 Å². The SMILES string of the molecule is COc1ccc2c(c1)C1(CCN2)CC1CN. The van der Waals surface area contributed by atoms with Crippen molar-refractivity contribution in [3.63, 3.8) is 0 Å². The van der Waals surface area contributed by atoms with Crippen molar-refractivity contribution in [2.24, 2.45) is 11.7 Å². The number of anilines is 1. The maximum Gasteiger partial charge on any atom is 0.119 e. The van der Waals surface area contributed by atoms with Crippen LogP contribution in [0.15, 0.2) is 18.2 Å². The molecule has 1 aliphatic carbocycles. The maximum atomic E-state index is 5.82. The summed E-state index contributed by atoms with van der Waals surface area (Å²) in [6.07, 6.45) is 2.44. The molecule has 16 heavy (non-hydrogen) atoms. The Bertz CT molecular complexity index is 418. The van der Waals surface area contributed by atoms with Crippen LogP contribution in [0.25, 0.3) is 0 Å². The fraction of sp³-hybridized carbons (Fsp3) is 0.538. The highest BCUT2D eigenvalue weighted by Crippen LogP contribution is 2.59. The van der Waals surface area contributed by atoms with Gasteiger partial charge in [-0.15, -0.1) is 0 Å². The molecular formula is C13H18N2O. The van der Waals surface area contributed by atoms with Crippen molar-refractivity contribution < 1.29 is 4.74 Å². The third kappa shape index (κ3) is 1.24. The van der Waals surface area contributed by atoms with Gasteiger partial charge in [-0.3, -0.25) is 0 Å². The first kappa shape index (κ1) is 9.97. The highest BCUT2D eigenvalue weighted by atomic mass is 16.5. The highest BCUT2D eigenvalue weighted by molar-refractivity contribution is 5.62. The predicted octanol–water partition coefficient (Wildman–Crippen LogP) is 1.73. The van der Waals surface area contributed by atoms with Gasteiger partial charge in [0.25, 0.3) is 0 Å². The van der Waals surface area contributed by atoms with E-state index in [1.165, 1.54) is 24.1 Å². The van der Waals surface area contributed by atoms with Crippen molar-refractivity contribution in [2.75, 3.05) is 25.5 Å². The number of rotatable bonds is 2. The molecule has 1 aromatic rings. The van der Waals surface area contributed by atoms with Crippen molar-refractivity contribution in [3.05, 3.63) is 23.8 Å². The minimum Gasteiger partial charge on any atom is -0.497 e. The normalized spacial score (nSPS) is 30.8. The molecule has 0 saturated heterocycles. The van der Waals surface area contributed by atoms with Gasteiger partial charge in [0.05, 0.1) is 7.11 Å². The fourth-order valence-corrected chi connectivity index (χ4v) is 3.10. The van der Waals surface area contributed by atoms with Crippen LogP contribution in [0.4, 0.5) is 5.69 Å². The van der Waals surface area contributed by atoms with E-state index in [-0.39, 0.29) is 0 Å². The minimum absolute atomic E-state index is 0.351. The third-order valence-electron chi connectivity index (χ3n) is 4.17. The van der Waals surface area contributed by atoms with Gasteiger partial charge in [-0.1, -0.05) is 0 Å². The van der Waals surface area contributed by atoms with Gasteiger partial charge < -0.3 is 15.8 Å². The molecule has 1 heterocycles. The van der Waals surface area contributed by atoms with Gasteiger partial charge in [-0.2, -0.15) is 0 Å². The number of ether oxygens (including phenoxy) is 1. The molecule has 3 nitrogen and oxygen atoms in total. The number of nitrogens with two attached hydrogens (primary N) is 1. The molecule has 3 rings (SSSR count). The van der Waals surface area contributed by atoms with Gasteiger partial charge >= 0.3 is 0 Å². The Morgan fingerprint density at radius 1 is 1.56 bits per heavy atom. The molecular weight excluding hydrogens is 200 g/mol. The lowest BCUT2D eigenvalue weighted by Gasteiger charge is -2.28. The summed E-state index contributed by atoms with van der Waals surface area (Å²) in [6, 6.07) is 6.32. The third-order valence-corrected chi connectivity index (χ3v) is 4.17. The topological polar surface area (TPSA) is 47.3 Å². The number of benzene rings is 1. The Kier molecular flexibility index (Phi) is 2.11. The number of nitrogens with one attached hydrogen (secondary N) is 1. The van der Waals surface area contributed by atoms with E-state index in [1.807, 2.05) is 6.07 Å². The van der Waals surface area contributed by atoms with Crippen LogP contribution < -0.4 is 15.8 Å². The van der Waals surface area contributed by atoms with Crippen molar-refractivity contribution >= 4 is 5.69 Å². The molecule has 2 aliphatic rings. The summed E-state index contributed by atoms with van der Waals surface area (Å²) in [6.45, 7) is 1.87. The van der Waals surface area contributed by atoms with E-state index in [2.05, 4.69) is 17.4 Å². The van der Waals surface area contributed by atoms with E-state index in [0.29, 0.717) is 11.3 Å². The molecule has 0 bridgehead atoms. The Labute approximate surface area is 96.0 Å². The molecule has 0 aromatic heterocycles. The Balaban J connectivity index is 2.04. The lowest BCUT2D eigenvalue weighted by atomic mass is 9.85. The van der Waals surface area contributed by atoms with Crippen LogP contribution in [0, 0.1) is 5.92 Å². The van der Waals surface area contributed by atoms with Gasteiger partial charge in [0.1, 0.15) is 5.75 Å². The van der Waals surface area contributed by atoms with Crippen molar-refractivity contribution in [2.45, 2.75) is 18.3 Å². The number of hydrogen-bond acceptors (Lipinski definition) is 3. The summed E-state index contributed by atoms with van der Waals surface area (Å²) in [5, 5.41) is 3.46. The average molecular weight is 218 g/mol. The summed E-state index contributed by atoms with van der Waals surface area (Å²) in [5.74, 6) is 1.62. The zero-order valence-electron chi connectivity index (χ0n) is 9.62. The van der Waals surface area contributed by atoms with Crippen molar-refractivity contribution in [1.29, 1.82) is 0 Å². The van der Waals surface area contributed by atoms with E-state index in [1.54, 1.807) is 7.11 Å². The fourth-order valence-electron chi connectivity index (χ4n) is 3.10. The van der Waals surface area contributed by atoms with E-state index in [4.69, 9.17) is 10.5 Å². The summed E-state index contributed by atoms with van der Waals surface area (Å²) in [4.78, 5) is 0. The molecule has 0 amide bonds. The minimum atomic E-state index is 0.351. The average Bonchev–Trinajstić information content (AvgIpc) is 3.04. The predicted molar refractivity (Wildman–Crippen MR) is 64.9 cm³/mol. The summed E-state index contributed by atoms with van der Waals surface area (Å²) in [5.41, 5.74) is 8.84. The van der Waals surface area contributed by atoms with E-state index < -0.39 is 0 Å². The molecule has 2 unspecified atom stereocenters. The summed E-state index contributed by atoms with van der Waals surface area (Å²) < 4.78 is 5.31. The second-order valence-corrected chi connectivity index (χ2v) is 4.88. The molecule has 0 radical (unpaired) electrons. The first-order valence-electron chi connectivity index (χ1n) is 5.92. The standard InChI is InChI=1S/C13H18N2O/c1-16-10-2-3-12-11(6-10)13(4-5-15-12)7-9(13)8-14/h2-3,6,9,15H,4-5,7-8,14H2,1H3. The van der Waals surface area contributed by atoms with Crippen LogP contribution in [0.5, 0.6) is 5.75 Å². The maximum absolute atomic E-state index is 5.82. The molecule has 2 atom stereocenters. The smallest absolute Gasteiger partial charge is 0.119 e. The zero-order chi connectivity index (χ0) is 11.2. The lowest BCUT2D eigenvalue weighted by Crippen LogP contribution is -2.25. The van der Waals surface area contributed by atoms with Crippen LogP contribution in [0.3, 0.4) is 0 Å². The highest BCUT2D eigenvalue weighted by Gasteiger charge is 2.55. The van der Waals surface area contributed by atoms with Crippen LogP contribution in [0.2, 0.25) is 0 Å². The van der Waals surface area contributed by atoms with Crippen LogP contribution in [-0.2, 0) is 5.41 Å². The van der Waals surface area contributed by atoms with Crippen LogP contribution in [0.1, 0.15) is 18.4 Å². The van der Waals surface area contributed by atoms with Gasteiger partial charge in [-0.05, 0) is 49.1 Å². The monoisotopic (exact) mass is 218 g/mol. The summed E-state index contributed by atoms with van der Waals surface area (Å²) >= 11 is 0. The Hall–Kier alpha value is -1.22. The van der Waals surface area contributed by atoms with E-state index in [0.717, 1.165) is 18.8 Å². The first-order valence-corrected chi connectivity index (χ1v) is 5.92. The molecule has 1 fully saturated rings. The van der Waals surface area contributed by atoms with Crippen LogP contribution in [-0.4, -0.2) is 20.2 Å². The molecule has 3 heteroatoms. The van der Waals surface area contributed by atoms with Gasteiger partial charge in [0, 0.05) is 17.6 Å². The summed E-state index contributed by atoms with van der Waals surface area (Å²) in [7, 11) is 1.72. The van der Waals surface area contributed by atoms with E-state index in [9.17, 15) is 0 Å². The second kappa shape index (κ2) is 3.39. The number of hydrogen-bond donors (Lipinski definition) is 2. The van der Waals surface area contributed by atoms with Crippen molar-refractivity contribution in [3.8, 4) is 5.75 Å². The second-order valence-electron chi connectivity index (χ2n) is 4.88. The molecule has 86 valence electrons. The zero-order valence-corrected chi connectivity index (χ0v) is 9.62. The quantitative estimate of drug-likeness (QED) is 0.794. The van der Waals surface area contributed by atoms with E-state index >= 15 is 0 Å². The molecule has 3 N–H and O–H groups in total. The molecule has 1 spiro atoms. The molecule has 1 aliphatic heterocycles. The number of methoxy groups -OCH3 is 1. The lowest BCUT2D eigenvalue weighted by molar-refractivity contribution is 0.412.